The van der Waals surface area contributed by atoms with Crippen molar-refractivity contribution >= 4 is 11.6 Å². The third kappa shape index (κ3) is 7.04. The summed E-state index contributed by atoms with van der Waals surface area (Å²) >= 11 is 5.97. The van der Waals surface area contributed by atoms with E-state index in [0.717, 1.165) is 12.3 Å². The van der Waals surface area contributed by atoms with E-state index >= 15 is 0 Å². The van der Waals surface area contributed by atoms with Gasteiger partial charge in [-0.05, 0) is 59.2 Å². The molecule has 42 heavy (non-hydrogen) atoms. The number of alkyl halides is 9. The molecular formula is C29H19ClF10N2. The minimum absolute atomic E-state index is 0.0325. The van der Waals surface area contributed by atoms with Gasteiger partial charge in [-0.1, -0.05) is 48.0 Å². The van der Waals surface area contributed by atoms with Gasteiger partial charge in [0, 0.05) is 19.2 Å². The first-order valence-corrected chi connectivity index (χ1v) is 12.4. The first kappa shape index (κ1) is 31.3. The maximum absolute atomic E-state index is 14.7. The van der Waals surface area contributed by atoms with Crippen molar-refractivity contribution < 1.29 is 43.9 Å². The molecule has 3 aromatic carbocycles. The number of halogens is 11. The van der Waals surface area contributed by atoms with Gasteiger partial charge in [-0.2, -0.15) is 39.5 Å². The normalized spacial score (nSPS) is 14.1. The third-order valence-electron chi connectivity index (χ3n) is 6.52. The predicted octanol–water partition coefficient (Wildman–Crippen LogP) is 9.21. The summed E-state index contributed by atoms with van der Waals surface area (Å²) < 4.78 is 137. The number of hydrogen-bond donors (Lipinski definition) is 1. The highest BCUT2D eigenvalue weighted by atomic mass is 35.5. The second-order valence-electron chi connectivity index (χ2n) is 9.38. The number of aromatic nitrogens is 1. The Kier molecular flexibility index (Phi) is 8.62. The molecule has 0 fully saturated rings. The SMILES string of the molecule is Fc1cc(C(F)(F)F)cc(C(Cc2ccccc2)(NCc2ccc(C(F)(F)F)cc2C(F)(F)F)c2ccc(Cl)cn2)c1. The minimum atomic E-state index is -5.21. The monoisotopic (exact) mass is 620 g/mol. The summed E-state index contributed by atoms with van der Waals surface area (Å²) in [4.78, 5) is 4.21. The fourth-order valence-corrected chi connectivity index (χ4v) is 4.65. The van der Waals surface area contributed by atoms with Crippen molar-refractivity contribution in [3.63, 3.8) is 0 Å². The maximum atomic E-state index is 14.7. The van der Waals surface area contributed by atoms with Crippen LogP contribution in [0.5, 0.6) is 0 Å². The molecule has 2 nitrogen and oxygen atoms in total. The van der Waals surface area contributed by atoms with Crippen LogP contribution in [0.3, 0.4) is 0 Å². The molecule has 1 aromatic heterocycles. The molecule has 1 heterocycles. The van der Waals surface area contributed by atoms with E-state index in [1.54, 1.807) is 30.3 Å². The molecule has 0 bridgehead atoms. The number of rotatable bonds is 7. The lowest BCUT2D eigenvalue weighted by Crippen LogP contribution is -2.46. The Morgan fingerprint density at radius 1 is 0.667 bits per heavy atom. The second-order valence-corrected chi connectivity index (χ2v) is 9.81. The summed E-state index contributed by atoms with van der Waals surface area (Å²) in [5.74, 6) is -1.28. The van der Waals surface area contributed by atoms with Gasteiger partial charge < -0.3 is 0 Å². The van der Waals surface area contributed by atoms with Crippen LogP contribution in [0.2, 0.25) is 5.02 Å². The molecule has 0 radical (unpaired) electrons. The Morgan fingerprint density at radius 2 is 1.31 bits per heavy atom. The molecule has 0 amide bonds. The average Bonchev–Trinajstić information content (AvgIpc) is 2.90. The minimum Gasteiger partial charge on any atom is -0.298 e. The van der Waals surface area contributed by atoms with E-state index < -0.39 is 58.7 Å². The van der Waals surface area contributed by atoms with E-state index in [1.165, 1.54) is 12.1 Å². The summed E-state index contributed by atoms with van der Waals surface area (Å²) in [5, 5.41) is 2.94. The number of nitrogens with one attached hydrogen (secondary N) is 1. The van der Waals surface area contributed by atoms with Gasteiger partial charge >= 0.3 is 18.5 Å². The molecule has 13 heteroatoms. The Morgan fingerprint density at radius 3 is 1.88 bits per heavy atom. The largest absolute Gasteiger partial charge is 0.416 e. The zero-order valence-electron chi connectivity index (χ0n) is 21.1. The van der Waals surface area contributed by atoms with Crippen molar-refractivity contribution in [2.45, 2.75) is 37.0 Å². The first-order valence-electron chi connectivity index (χ1n) is 12.1. The first-order chi connectivity index (χ1) is 19.5. The fraction of sp³-hybridized carbons (Fsp3) is 0.207. The lowest BCUT2D eigenvalue weighted by atomic mass is 9.79. The van der Waals surface area contributed by atoms with Crippen LogP contribution in [0, 0.1) is 5.82 Å². The summed E-state index contributed by atoms with van der Waals surface area (Å²) in [6.07, 6.45) is -14.3. The van der Waals surface area contributed by atoms with Crippen molar-refractivity contribution in [1.29, 1.82) is 0 Å². The van der Waals surface area contributed by atoms with Gasteiger partial charge in [-0.25, -0.2) is 4.39 Å². The number of benzene rings is 3. The number of pyridine rings is 1. The van der Waals surface area contributed by atoms with Gasteiger partial charge in [0.05, 0.1) is 32.9 Å². The summed E-state index contributed by atoms with van der Waals surface area (Å²) in [6.45, 7) is -0.790. The predicted molar refractivity (Wildman–Crippen MR) is 135 cm³/mol. The summed E-state index contributed by atoms with van der Waals surface area (Å²) in [6, 6.07) is 13.5. The highest BCUT2D eigenvalue weighted by Crippen LogP contribution is 2.40. The molecule has 1 unspecified atom stereocenters. The summed E-state index contributed by atoms with van der Waals surface area (Å²) in [7, 11) is 0. The standard InChI is InChI=1S/C29H19ClF10N2/c30-22-8-9-25(41-16-22)26(14-17-4-2-1-3-5-17,20-10-21(28(35,36)37)12-23(31)11-20)42-15-18-6-7-19(27(32,33)34)13-24(18)29(38,39)40/h1-13,16,42H,14-15H2. The maximum Gasteiger partial charge on any atom is 0.416 e. The van der Waals surface area contributed by atoms with Gasteiger partial charge in [0.1, 0.15) is 5.82 Å². The van der Waals surface area contributed by atoms with Gasteiger partial charge in [-0.3, -0.25) is 10.3 Å². The number of hydrogen-bond acceptors (Lipinski definition) is 2. The fourth-order valence-electron chi connectivity index (χ4n) is 4.54. The van der Waals surface area contributed by atoms with E-state index in [2.05, 4.69) is 10.3 Å². The molecule has 4 aromatic rings. The summed E-state index contributed by atoms with van der Waals surface area (Å²) in [5.41, 5.74) is -6.94. The molecule has 0 aliphatic heterocycles. The molecule has 1 atom stereocenters. The Balaban J connectivity index is 1.95. The average molecular weight is 621 g/mol. The van der Waals surface area contributed by atoms with Gasteiger partial charge in [0.25, 0.3) is 0 Å². The van der Waals surface area contributed by atoms with Crippen LogP contribution < -0.4 is 5.32 Å². The van der Waals surface area contributed by atoms with E-state index in [4.69, 9.17) is 11.6 Å². The van der Waals surface area contributed by atoms with Crippen molar-refractivity contribution in [1.82, 2.24) is 10.3 Å². The highest BCUT2D eigenvalue weighted by molar-refractivity contribution is 6.30. The second kappa shape index (κ2) is 11.6. The molecule has 0 aliphatic carbocycles. The Labute approximate surface area is 238 Å². The van der Waals surface area contributed by atoms with Gasteiger partial charge in [0.15, 0.2) is 0 Å². The van der Waals surface area contributed by atoms with Crippen molar-refractivity contribution in [3.8, 4) is 0 Å². The molecule has 1 N–H and O–H groups in total. The smallest absolute Gasteiger partial charge is 0.298 e. The third-order valence-corrected chi connectivity index (χ3v) is 6.74. The van der Waals surface area contributed by atoms with Crippen molar-refractivity contribution in [2.24, 2.45) is 0 Å². The molecule has 0 saturated carbocycles. The van der Waals surface area contributed by atoms with Crippen molar-refractivity contribution in [2.75, 3.05) is 0 Å². The van der Waals surface area contributed by atoms with Gasteiger partial charge in [0.2, 0.25) is 0 Å². The molecule has 4 rings (SSSR count). The quantitative estimate of drug-likeness (QED) is 0.208. The molecule has 222 valence electrons. The van der Waals surface area contributed by atoms with Crippen LogP contribution in [0.15, 0.2) is 85.1 Å². The van der Waals surface area contributed by atoms with E-state index in [0.29, 0.717) is 23.8 Å². The van der Waals surface area contributed by atoms with E-state index in [-0.39, 0.29) is 34.8 Å². The zero-order chi connectivity index (χ0) is 30.9. The zero-order valence-corrected chi connectivity index (χ0v) is 21.9. The van der Waals surface area contributed by atoms with E-state index in [9.17, 15) is 43.9 Å². The van der Waals surface area contributed by atoms with Crippen LogP contribution in [0.4, 0.5) is 43.9 Å². The Bertz CT molecular complexity index is 1530. The van der Waals surface area contributed by atoms with Crippen LogP contribution in [-0.4, -0.2) is 4.98 Å². The van der Waals surface area contributed by atoms with Crippen LogP contribution in [-0.2, 0) is 37.0 Å². The molecule has 0 spiro atoms. The highest BCUT2D eigenvalue weighted by Gasteiger charge is 2.42. The molecule has 0 aliphatic rings. The van der Waals surface area contributed by atoms with Gasteiger partial charge in [-0.15, -0.1) is 0 Å². The Hall–Kier alpha value is -3.64. The topological polar surface area (TPSA) is 24.9 Å². The lowest BCUT2D eigenvalue weighted by Gasteiger charge is -2.36. The number of nitrogens with zero attached hydrogens (tertiary/aromatic N) is 1. The van der Waals surface area contributed by atoms with Crippen LogP contribution >= 0.6 is 11.6 Å². The lowest BCUT2D eigenvalue weighted by molar-refractivity contribution is -0.143. The van der Waals surface area contributed by atoms with Crippen LogP contribution in [0.1, 0.15) is 39.1 Å². The molecule has 0 saturated heterocycles. The van der Waals surface area contributed by atoms with Crippen LogP contribution in [0.25, 0.3) is 0 Å². The molecular weight excluding hydrogens is 602 g/mol. The van der Waals surface area contributed by atoms with Crippen molar-refractivity contribution in [3.05, 3.63) is 135 Å². The van der Waals surface area contributed by atoms with E-state index in [1.807, 2.05) is 0 Å².